The third-order valence-electron chi connectivity index (χ3n) is 2.77. The summed E-state index contributed by atoms with van der Waals surface area (Å²) < 4.78 is 2.03. The van der Waals surface area contributed by atoms with E-state index in [0.29, 0.717) is 10.9 Å². The largest absolute Gasteiger partial charge is 0.395 e. The van der Waals surface area contributed by atoms with Gasteiger partial charge < -0.3 is 10.8 Å². The highest BCUT2D eigenvalue weighted by Gasteiger charge is 2.13. The average Bonchev–Trinajstić information content (AvgIpc) is 2.39. The number of carbonyl (C=O) groups is 1. The van der Waals surface area contributed by atoms with Gasteiger partial charge in [0.25, 0.3) is 5.56 Å². The molecule has 1 amide bonds. The van der Waals surface area contributed by atoms with Crippen molar-refractivity contribution in [2.45, 2.75) is 13.1 Å². The number of rotatable bonds is 4. The zero-order valence-corrected chi connectivity index (χ0v) is 10.1. The van der Waals surface area contributed by atoms with Crippen LogP contribution in [-0.2, 0) is 17.9 Å². The van der Waals surface area contributed by atoms with Gasteiger partial charge in [0.1, 0.15) is 6.54 Å². The van der Waals surface area contributed by atoms with Crippen LogP contribution in [-0.4, -0.2) is 26.8 Å². The minimum Gasteiger partial charge on any atom is -0.395 e. The van der Waals surface area contributed by atoms with Crippen molar-refractivity contribution >= 4 is 16.8 Å². The normalized spacial score (nSPS) is 10.8. The number of hydrogen-bond donors (Lipinski definition) is 2. The van der Waals surface area contributed by atoms with Crippen LogP contribution in [0.1, 0.15) is 0 Å². The van der Waals surface area contributed by atoms with Gasteiger partial charge in [0.15, 0.2) is 0 Å². The molecule has 0 aliphatic heterocycles. The quantitative estimate of drug-likeness (QED) is 0.710. The molecule has 0 spiro atoms. The SMILES string of the molecule is NC(=O)Cn1c(=O)n(CCO)c(=O)c2ccccc21. The van der Waals surface area contributed by atoms with Crippen LogP contribution in [0.4, 0.5) is 0 Å². The predicted octanol–water partition coefficient (Wildman–Crippen LogP) is -1.36. The van der Waals surface area contributed by atoms with Crippen molar-refractivity contribution in [3.05, 3.63) is 45.1 Å². The molecule has 19 heavy (non-hydrogen) atoms. The summed E-state index contributed by atoms with van der Waals surface area (Å²) in [5, 5.41) is 9.22. The van der Waals surface area contributed by atoms with Gasteiger partial charge in [-0.1, -0.05) is 12.1 Å². The van der Waals surface area contributed by atoms with Crippen molar-refractivity contribution in [1.29, 1.82) is 0 Å². The lowest BCUT2D eigenvalue weighted by Crippen LogP contribution is -2.42. The molecule has 100 valence electrons. The number of aromatic nitrogens is 2. The summed E-state index contributed by atoms with van der Waals surface area (Å²) in [4.78, 5) is 35.3. The van der Waals surface area contributed by atoms with Crippen LogP contribution in [0.3, 0.4) is 0 Å². The van der Waals surface area contributed by atoms with Crippen molar-refractivity contribution in [2.24, 2.45) is 5.73 Å². The number of aliphatic hydroxyl groups excluding tert-OH is 1. The van der Waals surface area contributed by atoms with Crippen LogP contribution in [0.2, 0.25) is 0 Å². The van der Waals surface area contributed by atoms with Gasteiger partial charge in [-0.15, -0.1) is 0 Å². The first-order valence-corrected chi connectivity index (χ1v) is 5.68. The zero-order chi connectivity index (χ0) is 14.0. The van der Waals surface area contributed by atoms with Gasteiger partial charge in [-0.3, -0.25) is 18.7 Å². The topological polar surface area (TPSA) is 107 Å². The number of nitrogens with zero attached hydrogens (tertiary/aromatic N) is 2. The Morgan fingerprint density at radius 2 is 1.89 bits per heavy atom. The Balaban J connectivity index is 2.88. The molecular weight excluding hydrogens is 250 g/mol. The maximum absolute atomic E-state index is 12.1. The van der Waals surface area contributed by atoms with E-state index in [2.05, 4.69) is 0 Å². The number of nitrogens with two attached hydrogens (primary N) is 1. The molecule has 0 fully saturated rings. The molecule has 0 bridgehead atoms. The number of primary amides is 1. The van der Waals surface area contributed by atoms with Gasteiger partial charge in [-0.05, 0) is 12.1 Å². The highest BCUT2D eigenvalue weighted by Crippen LogP contribution is 2.06. The molecule has 2 aromatic rings. The van der Waals surface area contributed by atoms with E-state index in [0.717, 1.165) is 9.13 Å². The summed E-state index contributed by atoms with van der Waals surface area (Å²) in [6, 6.07) is 6.45. The summed E-state index contributed by atoms with van der Waals surface area (Å²) >= 11 is 0. The van der Waals surface area contributed by atoms with Crippen molar-refractivity contribution < 1.29 is 9.90 Å². The fourth-order valence-corrected chi connectivity index (χ4v) is 1.98. The van der Waals surface area contributed by atoms with Gasteiger partial charge in [0.05, 0.1) is 24.1 Å². The second kappa shape index (κ2) is 5.07. The first kappa shape index (κ1) is 13.0. The number of amides is 1. The first-order valence-electron chi connectivity index (χ1n) is 5.68. The molecule has 0 radical (unpaired) electrons. The molecule has 0 unspecified atom stereocenters. The Labute approximate surface area is 107 Å². The number of aliphatic hydroxyl groups is 1. The van der Waals surface area contributed by atoms with Crippen LogP contribution in [0.25, 0.3) is 10.9 Å². The molecular formula is C12H13N3O4. The van der Waals surface area contributed by atoms with Gasteiger partial charge in [-0.2, -0.15) is 0 Å². The van der Waals surface area contributed by atoms with E-state index in [1.54, 1.807) is 24.3 Å². The summed E-state index contributed by atoms with van der Waals surface area (Å²) in [6.45, 7) is -0.781. The van der Waals surface area contributed by atoms with Gasteiger partial charge in [-0.25, -0.2) is 4.79 Å². The highest BCUT2D eigenvalue weighted by molar-refractivity contribution is 5.80. The van der Waals surface area contributed by atoms with Crippen LogP contribution >= 0.6 is 0 Å². The maximum atomic E-state index is 12.1. The van der Waals surface area contributed by atoms with E-state index in [1.807, 2.05) is 0 Å². The number of fused-ring (bicyclic) bond motifs is 1. The Bertz CT molecular complexity index is 745. The van der Waals surface area contributed by atoms with Crippen LogP contribution < -0.4 is 17.0 Å². The van der Waals surface area contributed by atoms with Crippen molar-refractivity contribution in [2.75, 3.05) is 6.61 Å². The lowest BCUT2D eigenvalue weighted by atomic mass is 10.2. The molecule has 0 saturated carbocycles. The lowest BCUT2D eigenvalue weighted by Gasteiger charge is -2.11. The van der Waals surface area contributed by atoms with Crippen molar-refractivity contribution in [1.82, 2.24) is 9.13 Å². The molecule has 0 aliphatic carbocycles. The minimum atomic E-state index is -0.679. The molecule has 0 saturated heterocycles. The first-order chi connectivity index (χ1) is 9.06. The molecule has 2 rings (SSSR count). The summed E-state index contributed by atoms with van der Waals surface area (Å²) in [5.41, 5.74) is 4.32. The second-order valence-corrected chi connectivity index (χ2v) is 4.03. The standard InChI is InChI=1S/C12H13N3O4/c13-10(17)7-15-9-4-2-1-3-8(9)11(18)14(5-6-16)12(15)19/h1-4,16H,5-7H2,(H2,13,17). The van der Waals surface area contributed by atoms with E-state index in [-0.39, 0.29) is 19.7 Å². The number of para-hydroxylation sites is 1. The molecule has 1 aromatic heterocycles. The highest BCUT2D eigenvalue weighted by atomic mass is 16.3. The maximum Gasteiger partial charge on any atom is 0.332 e. The fraction of sp³-hybridized carbons (Fsp3) is 0.250. The van der Waals surface area contributed by atoms with Gasteiger partial charge in [0, 0.05) is 0 Å². The minimum absolute atomic E-state index is 0.124. The summed E-state index contributed by atoms with van der Waals surface area (Å²) in [7, 11) is 0. The smallest absolute Gasteiger partial charge is 0.332 e. The Morgan fingerprint density at radius 3 is 2.53 bits per heavy atom. The van der Waals surface area contributed by atoms with Crippen molar-refractivity contribution in [3.8, 4) is 0 Å². The Morgan fingerprint density at radius 1 is 1.21 bits per heavy atom. The summed E-state index contributed by atoms with van der Waals surface area (Å²) in [6.07, 6.45) is 0. The van der Waals surface area contributed by atoms with E-state index in [9.17, 15) is 14.4 Å². The Hall–Kier alpha value is -2.41. The second-order valence-electron chi connectivity index (χ2n) is 4.03. The monoisotopic (exact) mass is 263 g/mol. The van der Waals surface area contributed by atoms with E-state index in [4.69, 9.17) is 10.8 Å². The lowest BCUT2D eigenvalue weighted by molar-refractivity contribution is -0.118. The van der Waals surface area contributed by atoms with Crippen LogP contribution in [0, 0.1) is 0 Å². The third kappa shape index (κ3) is 2.27. The molecule has 7 heteroatoms. The molecule has 1 heterocycles. The van der Waals surface area contributed by atoms with E-state index in [1.165, 1.54) is 0 Å². The number of carbonyl (C=O) groups excluding carboxylic acids is 1. The Kier molecular flexibility index (Phi) is 3.48. The van der Waals surface area contributed by atoms with Gasteiger partial charge >= 0.3 is 5.69 Å². The van der Waals surface area contributed by atoms with Crippen LogP contribution in [0.15, 0.2) is 33.9 Å². The third-order valence-corrected chi connectivity index (χ3v) is 2.77. The summed E-state index contributed by atoms with van der Waals surface area (Å²) in [5.74, 6) is -0.679. The molecule has 0 atom stereocenters. The molecule has 1 aromatic carbocycles. The zero-order valence-electron chi connectivity index (χ0n) is 10.1. The average molecular weight is 263 g/mol. The predicted molar refractivity (Wildman–Crippen MR) is 68.7 cm³/mol. The number of benzene rings is 1. The van der Waals surface area contributed by atoms with E-state index >= 15 is 0 Å². The van der Waals surface area contributed by atoms with E-state index < -0.39 is 17.2 Å². The molecule has 7 nitrogen and oxygen atoms in total. The number of hydrogen-bond acceptors (Lipinski definition) is 4. The van der Waals surface area contributed by atoms with Crippen LogP contribution in [0.5, 0.6) is 0 Å². The molecule has 3 N–H and O–H groups in total. The fourth-order valence-electron chi connectivity index (χ4n) is 1.98. The van der Waals surface area contributed by atoms with Crippen molar-refractivity contribution in [3.63, 3.8) is 0 Å². The molecule has 0 aliphatic rings. The van der Waals surface area contributed by atoms with Gasteiger partial charge in [0.2, 0.25) is 5.91 Å².